The highest BCUT2D eigenvalue weighted by Gasteiger charge is 2.23. The Bertz CT molecular complexity index is 1050. The van der Waals surface area contributed by atoms with Gasteiger partial charge in [-0.25, -0.2) is 4.98 Å². The molecule has 28 heavy (non-hydrogen) atoms. The van der Waals surface area contributed by atoms with Crippen molar-refractivity contribution >= 4 is 36.1 Å². The molecule has 13 nitrogen and oxygen atoms in total. The van der Waals surface area contributed by atoms with Crippen molar-refractivity contribution in [3.8, 4) is 5.88 Å². The van der Waals surface area contributed by atoms with Gasteiger partial charge in [0, 0.05) is 6.54 Å². The van der Waals surface area contributed by atoms with Crippen molar-refractivity contribution in [2.24, 2.45) is 0 Å². The maximum absolute atomic E-state index is 10.8. The fourth-order valence-corrected chi connectivity index (χ4v) is 2.96. The normalized spacial score (nSPS) is 13.6. The zero-order valence-electron chi connectivity index (χ0n) is 14.4. The minimum atomic E-state index is -4.21. The summed E-state index contributed by atoms with van der Waals surface area (Å²) in [5.41, 5.74) is 14.0. The highest BCUT2D eigenvalue weighted by atomic mass is 31.2. The zero-order valence-corrected chi connectivity index (χ0v) is 15.3. The maximum Gasteiger partial charge on any atom is 0.350 e. The van der Waals surface area contributed by atoms with E-state index in [0.29, 0.717) is 11.2 Å². The number of anilines is 3. The molecule has 0 fully saturated rings. The van der Waals surface area contributed by atoms with E-state index < -0.39 is 13.9 Å². The van der Waals surface area contributed by atoms with E-state index in [9.17, 15) is 4.57 Å². The summed E-state index contributed by atoms with van der Waals surface area (Å²) in [5, 5.41) is 1.39. The van der Waals surface area contributed by atoms with E-state index >= 15 is 0 Å². The Balaban J connectivity index is 1.54. The first-order valence-corrected chi connectivity index (χ1v) is 9.90. The van der Waals surface area contributed by atoms with E-state index in [-0.39, 0.29) is 25.0 Å². The SMILES string of the molecule is Nc1nc(ON2NNc3ccccc32)c2ncn(CCOCP(=O)(O)O)c2n1. The van der Waals surface area contributed by atoms with E-state index in [1.807, 2.05) is 24.3 Å². The molecule has 3 heterocycles. The molecule has 0 saturated carbocycles. The number of hydrogen-bond acceptors (Lipinski definition) is 10. The lowest BCUT2D eigenvalue weighted by Gasteiger charge is -2.17. The molecule has 4 rings (SSSR count). The summed E-state index contributed by atoms with van der Waals surface area (Å²) in [6.45, 7) is 0.320. The van der Waals surface area contributed by atoms with Gasteiger partial charge in [0.25, 0.3) is 5.88 Å². The van der Waals surface area contributed by atoms with Gasteiger partial charge in [-0.3, -0.25) is 9.99 Å². The summed E-state index contributed by atoms with van der Waals surface area (Å²) in [5.74, 6) is 0.129. The fraction of sp³-hybridized carbons (Fsp3) is 0.214. The lowest BCUT2D eigenvalue weighted by atomic mass is 10.3. The van der Waals surface area contributed by atoms with E-state index in [2.05, 4.69) is 25.9 Å². The second-order valence-corrected chi connectivity index (χ2v) is 7.43. The molecule has 0 amide bonds. The van der Waals surface area contributed by atoms with Crippen molar-refractivity contribution < 1.29 is 23.9 Å². The van der Waals surface area contributed by atoms with Crippen LogP contribution in [-0.4, -0.2) is 42.3 Å². The van der Waals surface area contributed by atoms with Crippen LogP contribution in [0.15, 0.2) is 30.6 Å². The molecule has 0 aliphatic carbocycles. The van der Waals surface area contributed by atoms with Crippen molar-refractivity contribution in [3.05, 3.63) is 30.6 Å². The molecule has 0 atom stereocenters. The molecule has 1 aromatic carbocycles. The first kappa shape index (κ1) is 18.4. The molecule has 0 spiro atoms. The molecule has 6 N–H and O–H groups in total. The van der Waals surface area contributed by atoms with Gasteiger partial charge >= 0.3 is 7.60 Å². The van der Waals surface area contributed by atoms with Crippen molar-refractivity contribution in [2.75, 3.05) is 29.3 Å². The molecule has 2 aromatic heterocycles. The summed E-state index contributed by atoms with van der Waals surface area (Å²) in [6, 6.07) is 7.47. The number of para-hydroxylation sites is 2. The van der Waals surface area contributed by atoms with Gasteiger partial charge in [0.2, 0.25) is 5.95 Å². The number of ether oxygens (including phenoxy) is 1. The van der Waals surface area contributed by atoms with Crippen molar-refractivity contribution in [1.29, 1.82) is 0 Å². The second-order valence-electron chi connectivity index (χ2n) is 5.84. The van der Waals surface area contributed by atoms with Crippen LogP contribution >= 0.6 is 7.60 Å². The minimum Gasteiger partial charge on any atom is -0.368 e. The predicted octanol–water partition coefficient (Wildman–Crippen LogP) is 0.206. The third-order valence-corrected chi connectivity index (χ3v) is 4.30. The topological polar surface area (TPSA) is 173 Å². The van der Waals surface area contributed by atoms with E-state index in [4.69, 9.17) is 25.1 Å². The Hall–Kier alpha value is -2.96. The van der Waals surface area contributed by atoms with Crippen molar-refractivity contribution in [1.82, 2.24) is 25.1 Å². The monoisotopic (exact) mass is 408 g/mol. The second kappa shape index (κ2) is 7.22. The maximum atomic E-state index is 10.8. The molecule has 1 aliphatic rings. The van der Waals surface area contributed by atoms with Gasteiger partial charge in [-0.15, -0.1) is 10.7 Å². The van der Waals surface area contributed by atoms with Gasteiger partial charge in [-0.1, -0.05) is 12.1 Å². The van der Waals surface area contributed by atoms with E-state index in [0.717, 1.165) is 11.4 Å². The number of imidazole rings is 1. The number of fused-ring (bicyclic) bond motifs is 2. The van der Waals surface area contributed by atoms with Crippen LogP contribution in [0.5, 0.6) is 5.88 Å². The van der Waals surface area contributed by atoms with Crippen LogP contribution in [0.2, 0.25) is 0 Å². The van der Waals surface area contributed by atoms with E-state index in [1.165, 1.54) is 11.5 Å². The molecular weight excluding hydrogens is 391 g/mol. The fourth-order valence-electron chi connectivity index (χ4n) is 2.59. The molecule has 0 saturated heterocycles. The van der Waals surface area contributed by atoms with Crippen LogP contribution in [0.1, 0.15) is 0 Å². The van der Waals surface area contributed by atoms with Gasteiger partial charge in [0.15, 0.2) is 11.2 Å². The Morgan fingerprint density at radius 1 is 1.25 bits per heavy atom. The summed E-state index contributed by atoms with van der Waals surface area (Å²) >= 11 is 0. The highest BCUT2D eigenvalue weighted by Crippen LogP contribution is 2.34. The molecule has 1 aliphatic heterocycles. The predicted molar refractivity (Wildman–Crippen MR) is 98.9 cm³/mol. The number of nitrogens with two attached hydrogens (primary N) is 1. The third-order valence-electron chi connectivity index (χ3n) is 3.78. The average molecular weight is 408 g/mol. The van der Waals surface area contributed by atoms with Gasteiger partial charge in [-0.2, -0.15) is 9.97 Å². The molecule has 148 valence electrons. The molecule has 14 heteroatoms. The Morgan fingerprint density at radius 3 is 2.89 bits per heavy atom. The first-order valence-electron chi connectivity index (χ1n) is 8.10. The minimum absolute atomic E-state index is 0.0131. The molecule has 0 radical (unpaired) electrons. The van der Waals surface area contributed by atoms with Crippen LogP contribution in [0.4, 0.5) is 17.3 Å². The summed E-state index contributed by atoms with van der Waals surface area (Å²) in [4.78, 5) is 36.0. The summed E-state index contributed by atoms with van der Waals surface area (Å²) in [7, 11) is -4.21. The number of aromatic nitrogens is 4. The van der Waals surface area contributed by atoms with Crippen LogP contribution in [-0.2, 0) is 15.8 Å². The van der Waals surface area contributed by atoms with E-state index in [1.54, 1.807) is 4.57 Å². The standard InChI is InChI=1S/C14H17N8O5P/c15-14-17-12-11(16-7-21(12)5-6-26-8-28(23,24)25)13(18-14)27-22-10-4-2-1-3-9(10)19-20-22/h1-4,7,19-20H,5-6,8H2,(H2,15,17,18)(H2,23,24,25). The number of benzene rings is 1. The van der Waals surface area contributed by atoms with Gasteiger partial charge in [-0.05, 0) is 12.1 Å². The molecular formula is C14H17N8O5P. The number of rotatable bonds is 7. The Morgan fingerprint density at radius 2 is 2.07 bits per heavy atom. The smallest absolute Gasteiger partial charge is 0.350 e. The number of nitrogens with zero attached hydrogens (tertiary/aromatic N) is 5. The average Bonchev–Trinajstić information content (AvgIpc) is 3.23. The lowest BCUT2D eigenvalue weighted by molar-refractivity contribution is 0.149. The zero-order chi connectivity index (χ0) is 19.7. The van der Waals surface area contributed by atoms with Crippen molar-refractivity contribution in [3.63, 3.8) is 0 Å². The highest BCUT2D eigenvalue weighted by molar-refractivity contribution is 7.51. The van der Waals surface area contributed by atoms with Gasteiger partial charge in [0.1, 0.15) is 12.0 Å². The van der Waals surface area contributed by atoms with Crippen LogP contribution in [0.25, 0.3) is 11.2 Å². The number of nitrogen functional groups attached to an aromatic ring is 1. The van der Waals surface area contributed by atoms with Gasteiger partial charge < -0.3 is 29.7 Å². The lowest BCUT2D eigenvalue weighted by Crippen LogP contribution is -2.39. The summed E-state index contributed by atoms with van der Waals surface area (Å²) < 4.78 is 17.4. The van der Waals surface area contributed by atoms with Crippen LogP contribution in [0, 0.1) is 0 Å². The summed E-state index contributed by atoms with van der Waals surface area (Å²) in [6.07, 6.45) is 0.842. The third kappa shape index (κ3) is 3.83. The van der Waals surface area contributed by atoms with Crippen LogP contribution in [0.3, 0.4) is 0 Å². The van der Waals surface area contributed by atoms with Gasteiger partial charge in [0.05, 0.1) is 18.6 Å². The largest absolute Gasteiger partial charge is 0.368 e. The Labute approximate surface area is 158 Å². The number of hydrazine groups is 2. The number of nitrogens with one attached hydrogen (secondary N) is 2. The number of hydrogen-bond donors (Lipinski definition) is 5. The first-order chi connectivity index (χ1) is 13.4. The van der Waals surface area contributed by atoms with Crippen LogP contribution < -0.4 is 26.7 Å². The Kier molecular flexibility index (Phi) is 4.75. The molecule has 0 unspecified atom stereocenters. The quantitative estimate of drug-likeness (QED) is 0.266. The molecule has 0 bridgehead atoms. The van der Waals surface area contributed by atoms with Crippen molar-refractivity contribution in [2.45, 2.75) is 6.54 Å². The molecule has 3 aromatic rings.